The molecule has 6 nitrogen and oxygen atoms in total. The van der Waals surface area contributed by atoms with Gasteiger partial charge in [0.15, 0.2) is 5.65 Å². The Bertz CT molecular complexity index is 904. The van der Waals surface area contributed by atoms with Gasteiger partial charge in [0, 0.05) is 23.8 Å². The Kier molecular flexibility index (Phi) is 4.88. The summed E-state index contributed by atoms with van der Waals surface area (Å²) in [5, 5.41) is 5.53. The highest BCUT2D eigenvalue weighted by Gasteiger charge is 2.26. The van der Waals surface area contributed by atoms with Crippen molar-refractivity contribution in [3.05, 3.63) is 58.8 Å². The fourth-order valence-corrected chi connectivity index (χ4v) is 3.68. The maximum absolute atomic E-state index is 12.3. The zero-order chi connectivity index (χ0) is 17.9. The molecule has 3 aromatic rings. The summed E-state index contributed by atoms with van der Waals surface area (Å²) >= 11 is 3.54. The zero-order valence-electron chi connectivity index (χ0n) is 14.2. The summed E-state index contributed by atoms with van der Waals surface area (Å²) in [6, 6.07) is 11.9. The van der Waals surface area contributed by atoms with E-state index in [-0.39, 0.29) is 12.1 Å². The molecule has 1 aromatic carbocycles. The summed E-state index contributed by atoms with van der Waals surface area (Å²) in [4.78, 5) is 18.5. The van der Waals surface area contributed by atoms with Crippen LogP contribution in [0.4, 0.5) is 4.79 Å². The second kappa shape index (κ2) is 7.45. The maximum Gasteiger partial charge on any atom is 0.410 e. The van der Waals surface area contributed by atoms with Gasteiger partial charge in [-0.15, -0.1) is 0 Å². The molecule has 1 saturated heterocycles. The van der Waals surface area contributed by atoms with E-state index in [0.29, 0.717) is 19.7 Å². The fourth-order valence-electron chi connectivity index (χ4n) is 3.29. The first-order valence-electron chi connectivity index (χ1n) is 8.66. The molecule has 0 atom stereocenters. The Morgan fingerprint density at radius 3 is 2.73 bits per heavy atom. The lowest BCUT2D eigenvalue weighted by atomic mass is 10.1. The van der Waals surface area contributed by atoms with Gasteiger partial charge in [-0.1, -0.05) is 30.3 Å². The summed E-state index contributed by atoms with van der Waals surface area (Å²) < 4.78 is 8.40. The van der Waals surface area contributed by atoms with Crippen LogP contribution in [0, 0.1) is 0 Å². The number of likely N-dealkylation sites (tertiary alicyclic amines) is 1. The average Bonchev–Trinajstić information content (AvgIpc) is 3.12. The molecule has 1 fully saturated rings. The molecule has 26 heavy (non-hydrogen) atoms. The Morgan fingerprint density at radius 2 is 1.96 bits per heavy atom. The van der Waals surface area contributed by atoms with Gasteiger partial charge in [0.05, 0.1) is 17.6 Å². The lowest BCUT2D eigenvalue weighted by Crippen LogP contribution is -2.39. The number of halogens is 1. The number of fused-ring (bicyclic) bond motifs is 1. The van der Waals surface area contributed by atoms with Crippen molar-refractivity contribution in [1.82, 2.24) is 19.7 Å². The van der Waals surface area contributed by atoms with Gasteiger partial charge >= 0.3 is 6.09 Å². The maximum atomic E-state index is 12.3. The van der Waals surface area contributed by atoms with Crippen molar-refractivity contribution in [2.24, 2.45) is 0 Å². The number of ether oxygens (including phenoxy) is 1. The summed E-state index contributed by atoms with van der Waals surface area (Å²) in [5.74, 6) is 0. The van der Waals surface area contributed by atoms with E-state index in [1.54, 1.807) is 11.1 Å². The van der Waals surface area contributed by atoms with Crippen LogP contribution >= 0.6 is 15.9 Å². The number of pyridine rings is 1. The van der Waals surface area contributed by atoms with Crippen molar-refractivity contribution in [3.63, 3.8) is 0 Å². The minimum atomic E-state index is -0.251. The fraction of sp³-hybridized carbons (Fsp3) is 0.316. The van der Waals surface area contributed by atoms with Crippen LogP contribution in [0.3, 0.4) is 0 Å². The third kappa shape index (κ3) is 3.44. The molecule has 0 unspecified atom stereocenters. The first kappa shape index (κ1) is 17.0. The van der Waals surface area contributed by atoms with Crippen molar-refractivity contribution >= 4 is 33.1 Å². The number of amides is 1. The normalized spacial score (nSPS) is 15.3. The molecule has 0 saturated carbocycles. The second-order valence-corrected chi connectivity index (χ2v) is 7.23. The number of carbonyl (C=O) groups is 1. The third-order valence-corrected chi connectivity index (χ3v) is 5.41. The highest BCUT2D eigenvalue weighted by molar-refractivity contribution is 9.10. The van der Waals surface area contributed by atoms with Crippen LogP contribution in [0.25, 0.3) is 11.0 Å². The molecule has 7 heteroatoms. The van der Waals surface area contributed by atoms with Crippen molar-refractivity contribution in [2.75, 3.05) is 13.1 Å². The molecule has 3 heterocycles. The van der Waals surface area contributed by atoms with Crippen LogP contribution in [0.5, 0.6) is 0 Å². The molecular formula is C19H19BrN4O2. The Morgan fingerprint density at radius 1 is 1.19 bits per heavy atom. The lowest BCUT2D eigenvalue weighted by Gasteiger charge is -2.31. The topological polar surface area (TPSA) is 60.2 Å². The number of rotatable bonds is 3. The summed E-state index contributed by atoms with van der Waals surface area (Å²) in [5.41, 5.74) is 1.87. The highest BCUT2D eigenvalue weighted by Crippen LogP contribution is 2.28. The van der Waals surface area contributed by atoms with Crippen LogP contribution in [-0.2, 0) is 11.3 Å². The predicted octanol–water partition coefficient (Wildman–Crippen LogP) is 4.17. The van der Waals surface area contributed by atoms with Gasteiger partial charge in [0.1, 0.15) is 6.61 Å². The predicted molar refractivity (Wildman–Crippen MR) is 102 cm³/mol. The van der Waals surface area contributed by atoms with Gasteiger partial charge < -0.3 is 9.64 Å². The van der Waals surface area contributed by atoms with E-state index in [4.69, 9.17) is 4.74 Å². The standard InChI is InChI=1S/C19H19BrN4O2/c20-17-6-9-21-18-16(17)12-22-24(18)15-7-10-23(11-8-15)19(25)26-13-14-4-2-1-3-5-14/h1-6,9,12,15H,7-8,10-11,13H2. The van der Waals surface area contributed by atoms with Gasteiger partial charge in [-0.25, -0.2) is 14.5 Å². The summed E-state index contributed by atoms with van der Waals surface area (Å²) in [6.07, 6.45) is 5.04. The second-order valence-electron chi connectivity index (χ2n) is 6.38. The smallest absolute Gasteiger partial charge is 0.410 e. The van der Waals surface area contributed by atoms with E-state index in [2.05, 4.69) is 26.0 Å². The third-order valence-electron chi connectivity index (χ3n) is 4.72. The molecule has 134 valence electrons. The highest BCUT2D eigenvalue weighted by atomic mass is 79.9. The number of benzene rings is 1. The van der Waals surface area contributed by atoms with Crippen molar-refractivity contribution in [1.29, 1.82) is 0 Å². The minimum absolute atomic E-state index is 0.243. The first-order valence-corrected chi connectivity index (χ1v) is 9.45. The summed E-state index contributed by atoms with van der Waals surface area (Å²) in [7, 11) is 0. The van der Waals surface area contributed by atoms with Gasteiger partial charge in [0.25, 0.3) is 0 Å². The first-order chi connectivity index (χ1) is 12.7. The number of nitrogens with zero attached hydrogens (tertiary/aromatic N) is 4. The molecule has 4 rings (SSSR count). The monoisotopic (exact) mass is 414 g/mol. The molecule has 0 N–H and O–H groups in total. The van der Waals surface area contributed by atoms with Gasteiger partial charge in [-0.05, 0) is 40.4 Å². The van der Waals surface area contributed by atoms with E-state index in [9.17, 15) is 4.79 Å². The van der Waals surface area contributed by atoms with Crippen LogP contribution in [0.15, 0.2) is 53.3 Å². The van der Waals surface area contributed by atoms with Gasteiger partial charge in [0.2, 0.25) is 0 Å². The number of hydrogen-bond donors (Lipinski definition) is 0. The van der Waals surface area contributed by atoms with E-state index in [1.165, 1.54) is 0 Å². The molecule has 1 aliphatic rings. The molecule has 2 aromatic heterocycles. The zero-order valence-corrected chi connectivity index (χ0v) is 15.8. The number of aromatic nitrogens is 3. The molecule has 0 aliphatic carbocycles. The Labute approximate surface area is 159 Å². The van der Waals surface area contributed by atoms with Crippen molar-refractivity contribution < 1.29 is 9.53 Å². The Balaban J connectivity index is 1.36. The molecule has 1 amide bonds. The SMILES string of the molecule is O=C(OCc1ccccc1)N1CCC(n2ncc3c(Br)ccnc32)CC1. The van der Waals surface area contributed by atoms with Crippen LogP contribution in [0.2, 0.25) is 0 Å². The van der Waals surface area contributed by atoms with E-state index >= 15 is 0 Å². The quantitative estimate of drug-likeness (QED) is 0.645. The lowest BCUT2D eigenvalue weighted by molar-refractivity contribution is 0.0824. The number of hydrogen-bond acceptors (Lipinski definition) is 4. The minimum Gasteiger partial charge on any atom is -0.445 e. The molecule has 1 aliphatic heterocycles. The summed E-state index contributed by atoms with van der Waals surface area (Å²) in [6.45, 7) is 1.63. The molecule has 0 spiro atoms. The average molecular weight is 415 g/mol. The van der Waals surface area contributed by atoms with E-state index < -0.39 is 0 Å². The molecule has 0 bridgehead atoms. The Hall–Kier alpha value is -2.41. The number of piperidine rings is 1. The molecule has 0 radical (unpaired) electrons. The van der Waals surface area contributed by atoms with Gasteiger partial charge in [-0.2, -0.15) is 5.10 Å². The van der Waals surface area contributed by atoms with Crippen molar-refractivity contribution in [2.45, 2.75) is 25.5 Å². The van der Waals surface area contributed by atoms with Crippen LogP contribution in [0.1, 0.15) is 24.4 Å². The van der Waals surface area contributed by atoms with Crippen LogP contribution < -0.4 is 0 Å². The largest absolute Gasteiger partial charge is 0.445 e. The van der Waals surface area contributed by atoms with E-state index in [1.807, 2.05) is 47.3 Å². The van der Waals surface area contributed by atoms with Crippen LogP contribution in [-0.4, -0.2) is 38.8 Å². The van der Waals surface area contributed by atoms with Crippen molar-refractivity contribution in [3.8, 4) is 0 Å². The number of carbonyl (C=O) groups excluding carboxylic acids is 1. The van der Waals surface area contributed by atoms with Gasteiger partial charge in [-0.3, -0.25) is 0 Å². The van der Waals surface area contributed by atoms with E-state index in [0.717, 1.165) is 33.9 Å². The molecular weight excluding hydrogens is 396 g/mol.